The third-order valence-corrected chi connectivity index (χ3v) is 4.17. The maximum absolute atomic E-state index is 11.8. The Morgan fingerprint density at radius 2 is 1.96 bits per heavy atom. The van der Waals surface area contributed by atoms with Gasteiger partial charge in [0.1, 0.15) is 6.61 Å². The molecular weight excluding hydrogens is 332 g/mol. The summed E-state index contributed by atoms with van der Waals surface area (Å²) in [6, 6.07) is 7.31. The van der Waals surface area contributed by atoms with Crippen LogP contribution in [0, 0.1) is 0 Å². The number of halogens is 1. The summed E-state index contributed by atoms with van der Waals surface area (Å²) in [6.45, 7) is 3.62. The number of hydrogen-bond donors (Lipinski definition) is 0. The highest BCUT2D eigenvalue weighted by molar-refractivity contribution is 6.30. The normalized spacial score (nSPS) is 15.7. The lowest BCUT2D eigenvalue weighted by Crippen LogP contribution is -2.49. The van der Waals surface area contributed by atoms with Crippen LogP contribution in [0.3, 0.4) is 0 Å². The van der Waals surface area contributed by atoms with E-state index in [-0.39, 0.29) is 12.5 Å². The smallest absolute Gasteiger partial charge is 0.248 e. The minimum absolute atomic E-state index is 0.0277. The minimum Gasteiger partial charge on any atom is -0.375 e. The standard InChI is InChI=1S/C16H19ClN4O3/c1-23-11-15(22)21-8-6-20(7-9-21)10-14-18-16(19-24-14)12-2-4-13(17)5-3-12/h2-5H,6-11H2,1H3. The Hall–Kier alpha value is -1.96. The van der Waals surface area contributed by atoms with Crippen molar-refractivity contribution in [2.45, 2.75) is 6.54 Å². The monoisotopic (exact) mass is 350 g/mol. The van der Waals surface area contributed by atoms with Crippen LogP contribution in [0.15, 0.2) is 28.8 Å². The van der Waals surface area contributed by atoms with Gasteiger partial charge in [0, 0.05) is 43.9 Å². The van der Waals surface area contributed by atoms with Crippen LogP contribution in [0.25, 0.3) is 11.4 Å². The summed E-state index contributed by atoms with van der Waals surface area (Å²) < 4.78 is 10.2. The second-order valence-corrected chi connectivity index (χ2v) is 6.04. The van der Waals surface area contributed by atoms with Crippen LogP contribution < -0.4 is 0 Å². The second-order valence-electron chi connectivity index (χ2n) is 5.61. The van der Waals surface area contributed by atoms with E-state index < -0.39 is 0 Å². The molecule has 2 heterocycles. The summed E-state index contributed by atoms with van der Waals surface area (Å²) in [5.41, 5.74) is 0.865. The molecule has 7 nitrogen and oxygen atoms in total. The molecule has 0 saturated carbocycles. The van der Waals surface area contributed by atoms with Crippen molar-refractivity contribution >= 4 is 17.5 Å². The molecule has 128 valence electrons. The zero-order valence-electron chi connectivity index (χ0n) is 13.4. The van der Waals surface area contributed by atoms with Gasteiger partial charge in [0.05, 0.1) is 6.54 Å². The van der Waals surface area contributed by atoms with Crippen molar-refractivity contribution in [1.82, 2.24) is 19.9 Å². The molecule has 1 aliphatic heterocycles. The molecule has 1 aromatic carbocycles. The van der Waals surface area contributed by atoms with E-state index in [4.69, 9.17) is 20.9 Å². The number of piperazine rings is 1. The van der Waals surface area contributed by atoms with Crippen LogP contribution in [0.5, 0.6) is 0 Å². The summed E-state index contributed by atoms with van der Waals surface area (Å²) in [5.74, 6) is 1.15. The first kappa shape index (κ1) is 16.9. The summed E-state index contributed by atoms with van der Waals surface area (Å²) in [5, 5.41) is 4.68. The second kappa shape index (κ2) is 7.74. The van der Waals surface area contributed by atoms with Gasteiger partial charge in [0.2, 0.25) is 17.6 Å². The van der Waals surface area contributed by atoms with Gasteiger partial charge >= 0.3 is 0 Å². The number of benzene rings is 1. The van der Waals surface area contributed by atoms with E-state index in [0.717, 1.165) is 18.7 Å². The Bertz CT molecular complexity index is 681. The number of ether oxygens (including phenoxy) is 1. The Kier molecular flexibility index (Phi) is 5.44. The Morgan fingerprint density at radius 1 is 1.25 bits per heavy atom. The topological polar surface area (TPSA) is 71.7 Å². The third-order valence-electron chi connectivity index (χ3n) is 3.92. The molecule has 24 heavy (non-hydrogen) atoms. The summed E-state index contributed by atoms with van der Waals surface area (Å²) in [6.07, 6.45) is 0. The van der Waals surface area contributed by atoms with Crippen LogP contribution in [0.2, 0.25) is 5.02 Å². The zero-order chi connectivity index (χ0) is 16.9. The van der Waals surface area contributed by atoms with Crippen LogP contribution in [-0.2, 0) is 16.1 Å². The van der Waals surface area contributed by atoms with Crippen molar-refractivity contribution in [2.24, 2.45) is 0 Å². The van der Waals surface area contributed by atoms with Gasteiger partial charge in [-0.25, -0.2) is 0 Å². The SMILES string of the molecule is COCC(=O)N1CCN(Cc2nc(-c3ccc(Cl)cc3)no2)CC1. The fourth-order valence-corrected chi connectivity index (χ4v) is 2.72. The summed E-state index contributed by atoms with van der Waals surface area (Å²) in [4.78, 5) is 20.2. The predicted molar refractivity (Wildman–Crippen MR) is 88.5 cm³/mol. The first-order valence-corrected chi connectivity index (χ1v) is 8.11. The van der Waals surface area contributed by atoms with Crippen molar-refractivity contribution in [3.63, 3.8) is 0 Å². The molecule has 1 aliphatic rings. The quantitative estimate of drug-likeness (QED) is 0.817. The molecule has 1 aromatic heterocycles. The molecule has 1 saturated heterocycles. The van der Waals surface area contributed by atoms with Gasteiger partial charge < -0.3 is 14.2 Å². The Morgan fingerprint density at radius 3 is 2.62 bits per heavy atom. The van der Waals surface area contributed by atoms with Crippen molar-refractivity contribution in [3.05, 3.63) is 35.2 Å². The number of aromatic nitrogens is 2. The van der Waals surface area contributed by atoms with E-state index in [1.54, 1.807) is 12.1 Å². The van der Waals surface area contributed by atoms with Crippen molar-refractivity contribution in [2.75, 3.05) is 39.9 Å². The summed E-state index contributed by atoms with van der Waals surface area (Å²) >= 11 is 5.88. The van der Waals surface area contributed by atoms with Crippen molar-refractivity contribution < 1.29 is 14.1 Å². The average molecular weight is 351 g/mol. The third kappa shape index (κ3) is 4.11. The van der Waals surface area contributed by atoms with E-state index in [2.05, 4.69) is 15.0 Å². The molecule has 1 amide bonds. The minimum atomic E-state index is 0.0277. The lowest BCUT2D eigenvalue weighted by atomic mass is 10.2. The average Bonchev–Trinajstić information content (AvgIpc) is 3.05. The maximum atomic E-state index is 11.8. The highest BCUT2D eigenvalue weighted by Crippen LogP contribution is 2.19. The predicted octanol–water partition coefficient (Wildman–Crippen LogP) is 1.68. The molecule has 2 aromatic rings. The Balaban J connectivity index is 1.54. The molecule has 0 spiro atoms. The lowest BCUT2D eigenvalue weighted by Gasteiger charge is -2.33. The zero-order valence-corrected chi connectivity index (χ0v) is 14.2. The van der Waals surface area contributed by atoms with Crippen LogP contribution in [0.4, 0.5) is 0 Å². The maximum Gasteiger partial charge on any atom is 0.248 e. The van der Waals surface area contributed by atoms with Gasteiger partial charge in [-0.3, -0.25) is 9.69 Å². The van der Waals surface area contributed by atoms with E-state index in [1.165, 1.54) is 7.11 Å². The molecule has 0 N–H and O–H groups in total. The number of rotatable bonds is 5. The van der Waals surface area contributed by atoms with Gasteiger partial charge in [-0.2, -0.15) is 4.98 Å². The van der Waals surface area contributed by atoms with Gasteiger partial charge in [0.25, 0.3) is 0 Å². The largest absolute Gasteiger partial charge is 0.375 e. The van der Waals surface area contributed by atoms with Crippen LogP contribution in [-0.4, -0.2) is 65.7 Å². The summed E-state index contributed by atoms with van der Waals surface area (Å²) in [7, 11) is 1.53. The van der Waals surface area contributed by atoms with E-state index in [9.17, 15) is 4.79 Å². The number of nitrogens with zero attached hydrogens (tertiary/aromatic N) is 4. The molecule has 0 bridgehead atoms. The van der Waals surface area contributed by atoms with E-state index in [1.807, 2.05) is 17.0 Å². The fourth-order valence-electron chi connectivity index (χ4n) is 2.60. The van der Waals surface area contributed by atoms with Crippen molar-refractivity contribution in [3.8, 4) is 11.4 Å². The molecular formula is C16H19ClN4O3. The molecule has 0 atom stereocenters. The van der Waals surface area contributed by atoms with Gasteiger partial charge in [0.15, 0.2) is 0 Å². The number of carbonyl (C=O) groups is 1. The first-order valence-electron chi connectivity index (χ1n) is 7.73. The molecule has 0 aliphatic carbocycles. The molecule has 0 radical (unpaired) electrons. The molecule has 3 rings (SSSR count). The van der Waals surface area contributed by atoms with Crippen LogP contribution >= 0.6 is 11.6 Å². The van der Waals surface area contributed by atoms with E-state index in [0.29, 0.717) is 36.4 Å². The number of hydrogen-bond acceptors (Lipinski definition) is 6. The Labute approximate surface area is 145 Å². The van der Waals surface area contributed by atoms with Gasteiger partial charge in [-0.1, -0.05) is 16.8 Å². The number of methoxy groups -OCH3 is 1. The first-order chi connectivity index (χ1) is 11.7. The van der Waals surface area contributed by atoms with Gasteiger partial charge in [-0.05, 0) is 24.3 Å². The molecule has 1 fully saturated rings. The number of carbonyl (C=O) groups excluding carboxylic acids is 1. The molecule has 8 heteroatoms. The van der Waals surface area contributed by atoms with E-state index >= 15 is 0 Å². The lowest BCUT2D eigenvalue weighted by molar-refractivity contribution is -0.137. The number of amides is 1. The fraction of sp³-hybridized carbons (Fsp3) is 0.438. The highest BCUT2D eigenvalue weighted by atomic mass is 35.5. The van der Waals surface area contributed by atoms with Gasteiger partial charge in [-0.15, -0.1) is 0 Å². The molecule has 0 unspecified atom stereocenters. The highest BCUT2D eigenvalue weighted by Gasteiger charge is 2.22. The van der Waals surface area contributed by atoms with Crippen molar-refractivity contribution in [1.29, 1.82) is 0 Å². The van der Waals surface area contributed by atoms with Crippen LogP contribution in [0.1, 0.15) is 5.89 Å².